The van der Waals surface area contributed by atoms with Crippen molar-refractivity contribution in [3.05, 3.63) is 0 Å². The van der Waals surface area contributed by atoms with Gasteiger partial charge in [0.05, 0.1) is 13.1 Å². The molecule has 0 spiro atoms. The fraction of sp³-hybridized carbons (Fsp3) is 0.833. The zero-order valence-corrected chi connectivity index (χ0v) is 11.5. The Morgan fingerprint density at radius 2 is 1.89 bits per heavy atom. The van der Waals surface area contributed by atoms with E-state index in [4.69, 9.17) is 4.74 Å². The fourth-order valence-electron chi connectivity index (χ4n) is 1.73. The van der Waals surface area contributed by atoms with E-state index < -0.39 is 23.4 Å². The van der Waals surface area contributed by atoms with E-state index in [1.807, 2.05) is 0 Å². The van der Waals surface area contributed by atoms with Crippen molar-refractivity contribution in [2.45, 2.75) is 51.9 Å². The fourth-order valence-corrected chi connectivity index (χ4v) is 1.73. The van der Waals surface area contributed by atoms with Crippen LogP contribution in [0.5, 0.6) is 0 Å². The predicted octanol–water partition coefficient (Wildman–Crippen LogP) is 1.47. The number of carbonyl (C=O) groups is 2. The third-order valence-electron chi connectivity index (χ3n) is 2.46. The van der Waals surface area contributed by atoms with Gasteiger partial charge in [-0.25, -0.2) is 9.18 Å². The van der Waals surface area contributed by atoms with E-state index in [-0.39, 0.29) is 19.0 Å². The van der Waals surface area contributed by atoms with E-state index in [9.17, 15) is 14.0 Å². The number of rotatable bonds is 2. The Bertz CT molecular complexity index is 342. The summed E-state index contributed by atoms with van der Waals surface area (Å²) < 4.78 is 18.3. The number of ether oxygens (including phenoxy) is 1. The molecule has 1 heterocycles. The number of amides is 2. The molecule has 0 unspecified atom stereocenters. The molecular formula is C12H21FN2O3. The second kappa shape index (κ2) is 4.74. The van der Waals surface area contributed by atoms with Gasteiger partial charge < -0.3 is 15.0 Å². The van der Waals surface area contributed by atoms with Crippen molar-refractivity contribution in [3.8, 4) is 0 Å². The summed E-state index contributed by atoms with van der Waals surface area (Å²) in [7, 11) is 0. The lowest BCUT2D eigenvalue weighted by Crippen LogP contribution is -2.62. The zero-order valence-electron chi connectivity index (χ0n) is 11.5. The predicted molar refractivity (Wildman–Crippen MR) is 64.9 cm³/mol. The summed E-state index contributed by atoms with van der Waals surface area (Å²) >= 11 is 0. The first kappa shape index (κ1) is 14.7. The average molecular weight is 260 g/mol. The Hall–Kier alpha value is -1.33. The highest BCUT2D eigenvalue weighted by Crippen LogP contribution is 2.24. The number of nitrogens with zero attached hydrogens (tertiary/aromatic N) is 1. The largest absolute Gasteiger partial charge is 0.444 e. The Morgan fingerprint density at radius 3 is 2.28 bits per heavy atom. The van der Waals surface area contributed by atoms with Crippen LogP contribution in [-0.4, -0.2) is 47.3 Å². The zero-order chi connectivity index (χ0) is 14.1. The van der Waals surface area contributed by atoms with E-state index in [0.717, 1.165) is 0 Å². The van der Waals surface area contributed by atoms with Crippen LogP contribution < -0.4 is 5.32 Å². The Labute approximate surface area is 107 Å². The normalized spacial score (nSPS) is 19.8. The van der Waals surface area contributed by atoms with Gasteiger partial charge in [0, 0.05) is 0 Å². The van der Waals surface area contributed by atoms with Crippen molar-refractivity contribution in [1.82, 2.24) is 10.2 Å². The van der Waals surface area contributed by atoms with Gasteiger partial charge in [0.1, 0.15) is 17.3 Å². The van der Waals surface area contributed by atoms with E-state index in [0.29, 0.717) is 0 Å². The molecule has 0 aromatic heterocycles. The molecule has 0 saturated carbocycles. The highest BCUT2D eigenvalue weighted by Gasteiger charge is 2.42. The molecular weight excluding hydrogens is 239 g/mol. The molecule has 5 nitrogen and oxygen atoms in total. The maximum absolute atomic E-state index is 13.3. The number of alkyl carbamates (subject to hydrolysis) is 1. The first-order chi connectivity index (χ1) is 8.00. The number of carbonyl (C=O) groups excluding carboxylic acids is 2. The van der Waals surface area contributed by atoms with Crippen LogP contribution in [0.1, 0.15) is 34.6 Å². The summed E-state index contributed by atoms with van der Waals surface area (Å²) in [4.78, 5) is 24.6. The molecule has 0 radical (unpaired) electrons. The molecule has 1 aliphatic rings. The number of likely N-dealkylation sites (tertiary alicyclic amines) is 1. The highest BCUT2D eigenvalue weighted by atomic mass is 19.1. The molecule has 18 heavy (non-hydrogen) atoms. The Morgan fingerprint density at radius 1 is 1.39 bits per heavy atom. The lowest BCUT2D eigenvalue weighted by atomic mass is 9.98. The van der Waals surface area contributed by atoms with Crippen molar-refractivity contribution in [2.75, 3.05) is 13.1 Å². The topological polar surface area (TPSA) is 58.6 Å². The van der Waals surface area contributed by atoms with Gasteiger partial charge in [-0.2, -0.15) is 0 Å². The van der Waals surface area contributed by atoms with Gasteiger partial charge in [-0.15, -0.1) is 0 Å². The molecule has 0 aromatic rings. The van der Waals surface area contributed by atoms with Crippen LogP contribution in [0.3, 0.4) is 0 Å². The van der Waals surface area contributed by atoms with Gasteiger partial charge in [-0.1, -0.05) is 0 Å². The molecule has 1 aliphatic heterocycles. The minimum Gasteiger partial charge on any atom is -0.444 e. The van der Waals surface area contributed by atoms with Crippen LogP contribution in [-0.2, 0) is 9.53 Å². The third kappa shape index (κ3) is 4.16. The molecule has 1 rings (SSSR count). The third-order valence-corrected chi connectivity index (χ3v) is 2.46. The van der Waals surface area contributed by atoms with Crippen molar-refractivity contribution in [2.24, 2.45) is 0 Å². The van der Waals surface area contributed by atoms with Gasteiger partial charge in [0.2, 0.25) is 5.91 Å². The minimum absolute atomic E-state index is 0.0756. The Balaban J connectivity index is 2.39. The molecule has 0 bridgehead atoms. The first-order valence-electron chi connectivity index (χ1n) is 5.97. The molecule has 2 amide bonds. The van der Waals surface area contributed by atoms with Gasteiger partial charge >= 0.3 is 6.09 Å². The SMILES string of the molecule is C[C@@H](NC(=O)OC(C)(C)C)C(=O)N1CC(C)(F)C1. The van der Waals surface area contributed by atoms with Crippen molar-refractivity contribution in [1.29, 1.82) is 0 Å². The average Bonchev–Trinajstić information content (AvgIpc) is 2.09. The van der Waals surface area contributed by atoms with E-state index in [2.05, 4.69) is 5.32 Å². The Kier molecular flexibility index (Phi) is 3.88. The number of nitrogens with one attached hydrogen (secondary N) is 1. The summed E-state index contributed by atoms with van der Waals surface area (Å²) in [6.07, 6.45) is -0.646. The molecule has 0 aromatic carbocycles. The van der Waals surface area contributed by atoms with Crippen LogP contribution in [0.2, 0.25) is 0 Å². The van der Waals surface area contributed by atoms with Crippen LogP contribution >= 0.6 is 0 Å². The van der Waals surface area contributed by atoms with E-state index in [1.165, 1.54) is 11.8 Å². The monoisotopic (exact) mass is 260 g/mol. The summed E-state index contributed by atoms with van der Waals surface area (Å²) in [6, 6.07) is -0.712. The van der Waals surface area contributed by atoms with Gasteiger partial charge in [-0.3, -0.25) is 4.79 Å². The van der Waals surface area contributed by atoms with E-state index in [1.54, 1.807) is 27.7 Å². The number of alkyl halides is 1. The van der Waals surface area contributed by atoms with Crippen molar-refractivity contribution < 1.29 is 18.7 Å². The quantitative estimate of drug-likeness (QED) is 0.818. The summed E-state index contributed by atoms with van der Waals surface area (Å²) in [5, 5.41) is 2.44. The molecule has 1 atom stereocenters. The molecule has 1 saturated heterocycles. The number of halogens is 1. The molecule has 1 N–H and O–H groups in total. The van der Waals surface area contributed by atoms with Crippen molar-refractivity contribution in [3.63, 3.8) is 0 Å². The summed E-state index contributed by atoms with van der Waals surface area (Å²) in [6.45, 7) is 8.37. The van der Waals surface area contributed by atoms with Crippen LogP contribution in [0.15, 0.2) is 0 Å². The molecule has 104 valence electrons. The number of hydrogen-bond donors (Lipinski definition) is 1. The van der Waals surface area contributed by atoms with Gasteiger partial charge in [0.15, 0.2) is 0 Å². The molecule has 0 aliphatic carbocycles. The maximum atomic E-state index is 13.3. The highest BCUT2D eigenvalue weighted by molar-refractivity contribution is 5.86. The van der Waals surface area contributed by atoms with Crippen LogP contribution in [0.4, 0.5) is 9.18 Å². The maximum Gasteiger partial charge on any atom is 0.408 e. The van der Waals surface area contributed by atoms with Gasteiger partial charge in [0.25, 0.3) is 0 Å². The lowest BCUT2D eigenvalue weighted by molar-refractivity contribution is -0.145. The summed E-state index contributed by atoms with van der Waals surface area (Å²) in [5.74, 6) is -0.295. The second-order valence-corrected chi connectivity index (χ2v) is 5.98. The number of hydrogen-bond acceptors (Lipinski definition) is 3. The standard InChI is InChI=1S/C12H21FN2O3/c1-8(14-10(17)18-11(2,3)4)9(16)15-6-12(5,13)7-15/h8H,6-7H2,1-5H3,(H,14,17)/t8-/m1/s1. The van der Waals surface area contributed by atoms with Gasteiger partial charge in [-0.05, 0) is 34.6 Å². The van der Waals surface area contributed by atoms with Crippen molar-refractivity contribution >= 4 is 12.0 Å². The second-order valence-electron chi connectivity index (χ2n) is 5.98. The first-order valence-corrected chi connectivity index (χ1v) is 5.97. The summed E-state index contributed by atoms with van der Waals surface area (Å²) in [5.41, 5.74) is -1.91. The molecule has 1 fully saturated rings. The lowest BCUT2D eigenvalue weighted by Gasteiger charge is -2.43. The smallest absolute Gasteiger partial charge is 0.408 e. The molecule has 6 heteroatoms. The van der Waals surface area contributed by atoms with Crippen LogP contribution in [0, 0.1) is 0 Å². The van der Waals surface area contributed by atoms with E-state index >= 15 is 0 Å². The van der Waals surface area contributed by atoms with Crippen LogP contribution in [0.25, 0.3) is 0 Å². The minimum atomic E-state index is -1.30.